The lowest BCUT2D eigenvalue weighted by atomic mass is 9.97. The fourth-order valence-electron chi connectivity index (χ4n) is 5.16. The molecule has 1 aliphatic carbocycles. The Balaban J connectivity index is 1.49. The van der Waals surface area contributed by atoms with Crippen molar-refractivity contribution in [1.82, 2.24) is 4.98 Å². The molecule has 2 aromatic heterocycles. The molecule has 1 saturated carbocycles. The third kappa shape index (κ3) is 3.45. The van der Waals surface area contributed by atoms with Crippen molar-refractivity contribution in [2.24, 2.45) is 5.92 Å². The minimum absolute atomic E-state index is 0.851. The van der Waals surface area contributed by atoms with Gasteiger partial charge in [0.2, 0.25) is 0 Å². The van der Waals surface area contributed by atoms with Gasteiger partial charge in [-0.15, -0.1) is 11.3 Å². The molecule has 0 unspecified atom stereocenters. The zero-order chi connectivity index (χ0) is 20.6. The molecule has 0 saturated heterocycles. The van der Waals surface area contributed by atoms with Crippen LogP contribution in [-0.4, -0.2) is 4.98 Å². The molecule has 0 aliphatic heterocycles. The highest BCUT2D eigenvalue weighted by atomic mass is 32.1. The summed E-state index contributed by atoms with van der Waals surface area (Å²) in [6.45, 7) is 0. The van der Waals surface area contributed by atoms with Crippen molar-refractivity contribution in [2.75, 3.05) is 0 Å². The van der Waals surface area contributed by atoms with Crippen molar-refractivity contribution in [2.45, 2.75) is 32.1 Å². The average Bonchev–Trinajstić information content (AvgIpc) is 3.47. The predicted molar refractivity (Wildman–Crippen MR) is 134 cm³/mol. The molecule has 2 heterocycles. The van der Waals surface area contributed by atoms with E-state index >= 15 is 0 Å². The molecule has 1 fully saturated rings. The molecule has 152 valence electrons. The minimum Gasteiger partial charge on any atom is -0.256 e. The number of rotatable bonds is 4. The van der Waals surface area contributed by atoms with Crippen LogP contribution in [0.15, 0.2) is 85.1 Å². The highest BCUT2D eigenvalue weighted by molar-refractivity contribution is 7.26. The zero-order valence-electron chi connectivity index (χ0n) is 17.6. The molecule has 31 heavy (non-hydrogen) atoms. The Labute approximate surface area is 187 Å². The largest absolute Gasteiger partial charge is 0.256 e. The van der Waals surface area contributed by atoms with Gasteiger partial charge in [0, 0.05) is 31.9 Å². The van der Waals surface area contributed by atoms with Crippen molar-refractivity contribution < 1.29 is 0 Å². The molecule has 0 spiro atoms. The van der Waals surface area contributed by atoms with E-state index in [4.69, 9.17) is 4.98 Å². The molecule has 1 aliphatic rings. The standard InChI is InChI=1S/C29H25NS/c1-2-10-22(11-3-1)23-12-6-13-24-25-14-7-15-26(29(25)31-28(23)24)27-19-21(16-17-30-27)18-20-8-4-5-9-20/h1-3,6-7,10-17,19-20H,4-5,8-9,18H2. The summed E-state index contributed by atoms with van der Waals surface area (Å²) in [5.41, 5.74) is 6.38. The van der Waals surface area contributed by atoms with Crippen LogP contribution in [0.2, 0.25) is 0 Å². The summed E-state index contributed by atoms with van der Waals surface area (Å²) in [6, 6.07) is 28.6. The van der Waals surface area contributed by atoms with E-state index in [1.807, 2.05) is 17.5 Å². The lowest BCUT2D eigenvalue weighted by Crippen LogP contribution is -1.99. The summed E-state index contributed by atoms with van der Waals surface area (Å²) in [5, 5.41) is 2.67. The third-order valence-electron chi connectivity index (χ3n) is 6.71. The normalized spacial score (nSPS) is 14.6. The second-order valence-corrected chi connectivity index (χ2v) is 9.76. The predicted octanol–water partition coefficient (Wildman–Crippen LogP) is 8.52. The van der Waals surface area contributed by atoms with Crippen LogP contribution in [0.25, 0.3) is 42.6 Å². The van der Waals surface area contributed by atoms with Gasteiger partial charge in [0.1, 0.15) is 0 Å². The maximum atomic E-state index is 4.79. The van der Waals surface area contributed by atoms with Gasteiger partial charge < -0.3 is 0 Å². The van der Waals surface area contributed by atoms with Crippen LogP contribution in [0.5, 0.6) is 0 Å². The van der Waals surface area contributed by atoms with Crippen molar-refractivity contribution in [3.05, 3.63) is 90.6 Å². The molecule has 0 atom stereocenters. The number of nitrogens with zero attached hydrogens (tertiary/aromatic N) is 1. The van der Waals surface area contributed by atoms with E-state index in [9.17, 15) is 0 Å². The molecule has 1 nitrogen and oxygen atoms in total. The first-order valence-corrected chi connectivity index (χ1v) is 12.1. The van der Waals surface area contributed by atoms with Gasteiger partial charge in [0.25, 0.3) is 0 Å². The fraction of sp³-hybridized carbons (Fsp3) is 0.207. The molecular formula is C29H25NS. The first kappa shape index (κ1) is 18.8. The number of aromatic nitrogens is 1. The van der Waals surface area contributed by atoms with Gasteiger partial charge in [-0.3, -0.25) is 4.98 Å². The molecule has 5 aromatic rings. The average molecular weight is 420 g/mol. The Morgan fingerprint density at radius 3 is 2.23 bits per heavy atom. The molecule has 0 bridgehead atoms. The van der Waals surface area contributed by atoms with Gasteiger partial charge in [-0.25, -0.2) is 0 Å². The van der Waals surface area contributed by atoms with Gasteiger partial charge in [-0.1, -0.05) is 92.4 Å². The summed E-state index contributed by atoms with van der Waals surface area (Å²) in [7, 11) is 0. The quantitative estimate of drug-likeness (QED) is 0.284. The van der Waals surface area contributed by atoms with Gasteiger partial charge in [0.15, 0.2) is 0 Å². The summed E-state index contributed by atoms with van der Waals surface area (Å²) in [5.74, 6) is 0.851. The Kier molecular flexibility index (Phi) is 4.81. The molecule has 3 aromatic carbocycles. The van der Waals surface area contributed by atoms with Crippen molar-refractivity contribution >= 4 is 31.5 Å². The van der Waals surface area contributed by atoms with Crippen LogP contribution >= 0.6 is 11.3 Å². The summed E-state index contributed by atoms with van der Waals surface area (Å²) in [6.07, 6.45) is 8.75. The van der Waals surface area contributed by atoms with E-state index in [0.717, 1.165) is 11.6 Å². The van der Waals surface area contributed by atoms with Crippen LogP contribution in [0.3, 0.4) is 0 Å². The van der Waals surface area contributed by atoms with Crippen LogP contribution in [0.4, 0.5) is 0 Å². The minimum atomic E-state index is 0.851. The molecular weight excluding hydrogens is 394 g/mol. The monoisotopic (exact) mass is 419 g/mol. The van der Waals surface area contributed by atoms with Crippen LogP contribution in [0.1, 0.15) is 31.2 Å². The molecule has 6 rings (SSSR count). The summed E-state index contributed by atoms with van der Waals surface area (Å²) < 4.78 is 2.70. The van der Waals surface area contributed by atoms with Gasteiger partial charge >= 0.3 is 0 Å². The van der Waals surface area contributed by atoms with Crippen LogP contribution in [0, 0.1) is 5.92 Å². The van der Waals surface area contributed by atoms with E-state index in [-0.39, 0.29) is 0 Å². The van der Waals surface area contributed by atoms with Crippen molar-refractivity contribution in [1.29, 1.82) is 0 Å². The number of benzene rings is 3. The Bertz CT molecular complexity index is 1360. The lowest BCUT2D eigenvalue weighted by molar-refractivity contribution is 0.546. The van der Waals surface area contributed by atoms with E-state index in [2.05, 4.69) is 78.9 Å². The molecule has 2 heteroatoms. The Morgan fingerprint density at radius 2 is 1.45 bits per heavy atom. The Morgan fingerprint density at radius 1 is 0.742 bits per heavy atom. The zero-order valence-corrected chi connectivity index (χ0v) is 18.4. The molecule has 0 amide bonds. The number of thiophene rings is 1. The van der Waals surface area contributed by atoms with Gasteiger partial charge in [-0.2, -0.15) is 0 Å². The lowest BCUT2D eigenvalue weighted by Gasteiger charge is -2.10. The smallest absolute Gasteiger partial charge is 0.0719 e. The van der Waals surface area contributed by atoms with E-state index in [0.29, 0.717) is 0 Å². The Hall–Kier alpha value is -2.97. The summed E-state index contributed by atoms with van der Waals surface area (Å²) >= 11 is 1.90. The highest BCUT2D eigenvalue weighted by Gasteiger charge is 2.17. The fourth-order valence-corrected chi connectivity index (χ4v) is 6.52. The SMILES string of the molecule is c1ccc(-c2cccc3c2sc2c(-c4cc(CC5CCCC5)ccn4)cccc23)cc1. The van der Waals surface area contributed by atoms with Crippen molar-refractivity contribution in [3.8, 4) is 22.4 Å². The third-order valence-corrected chi connectivity index (χ3v) is 8.00. The maximum Gasteiger partial charge on any atom is 0.0719 e. The first-order chi connectivity index (χ1) is 15.4. The second kappa shape index (κ2) is 7.94. The summed E-state index contributed by atoms with van der Waals surface area (Å²) in [4.78, 5) is 4.79. The molecule has 0 radical (unpaired) electrons. The van der Waals surface area contributed by atoms with Gasteiger partial charge in [-0.05, 0) is 41.2 Å². The number of pyridine rings is 1. The number of fused-ring (bicyclic) bond motifs is 3. The van der Waals surface area contributed by atoms with E-state index < -0.39 is 0 Å². The van der Waals surface area contributed by atoms with E-state index in [1.54, 1.807) is 0 Å². The van der Waals surface area contributed by atoms with E-state index in [1.165, 1.54) is 74.5 Å². The highest BCUT2D eigenvalue weighted by Crippen LogP contribution is 2.43. The second-order valence-electron chi connectivity index (χ2n) is 8.74. The van der Waals surface area contributed by atoms with Crippen molar-refractivity contribution in [3.63, 3.8) is 0 Å². The van der Waals surface area contributed by atoms with Crippen LogP contribution < -0.4 is 0 Å². The molecule has 0 N–H and O–H groups in total. The maximum absolute atomic E-state index is 4.79. The van der Waals surface area contributed by atoms with Gasteiger partial charge in [0.05, 0.1) is 5.69 Å². The van der Waals surface area contributed by atoms with Crippen LogP contribution in [-0.2, 0) is 6.42 Å². The number of hydrogen-bond donors (Lipinski definition) is 0. The topological polar surface area (TPSA) is 12.9 Å². The first-order valence-electron chi connectivity index (χ1n) is 11.3. The number of hydrogen-bond acceptors (Lipinski definition) is 2.